The Labute approximate surface area is 321 Å². The third kappa shape index (κ3) is 11.6. The number of hydrogen-bond donors (Lipinski definition) is 3. The lowest BCUT2D eigenvalue weighted by Gasteiger charge is -2.12. The second-order valence-electron chi connectivity index (χ2n) is 11.5. The summed E-state index contributed by atoms with van der Waals surface area (Å²) in [5.41, 5.74) is 1.54. The maximum absolute atomic E-state index is 12.8. The number of benzene rings is 6. The maximum atomic E-state index is 12.8. The molecule has 0 aliphatic carbocycles. The molecule has 0 aromatic heterocycles. The Bertz CT molecular complexity index is 2270. The van der Waals surface area contributed by atoms with E-state index in [4.69, 9.17) is 40.3 Å². The van der Waals surface area contributed by atoms with E-state index in [2.05, 4.69) is 0 Å². The van der Waals surface area contributed by atoms with Crippen LogP contribution < -0.4 is 23.8 Å². The van der Waals surface area contributed by atoms with Gasteiger partial charge >= 0.3 is 17.9 Å². The molecule has 6 aromatic carbocycles. The van der Waals surface area contributed by atoms with E-state index in [1.807, 2.05) is 42.5 Å². The van der Waals surface area contributed by atoms with E-state index in [0.717, 1.165) is 16.9 Å². The number of aromatic carboxylic acids is 2. The average molecular weight is 755 g/mol. The molecule has 6 aromatic rings. The van der Waals surface area contributed by atoms with Crippen LogP contribution in [0.25, 0.3) is 11.1 Å². The lowest BCUT2D eigenvalue weighted by atomic mass is 10.1. The van der Waals surface area contributed by atoms with Gasteiger partial charge < -0.3 is 39.2 Å². The van der Waals surface area contributed by atoms with Gasteiger partial charge in [-0.1, -0.05) is 67.1 Å². The largest absolute Gasteiger partial charge is 0.508 e. The monoisotopic (exact) mass is 754 g/mol. The summed E-state index contributed by atoms with van der Waals surface area (Å²) in [5.74, 6) is -1.12. The molecule has 282 valence electrons. The van der Waals surface area contributed by atoms with Crippen LogP contribution in [0.2, 0.25) is 0 Å². The molecule has 0 atom stereocenters. The second kappa shape index (κ2) is 19.9. The Morgan fingerprint density at radius 3 is 1.66 bits per heavy atom. The predicted octanol–water partition coefficient (Wildman–Crippen LogP) is 8.30. The van der Waals surface area contributed by atoms with Crippen molar-refractivity contribution in [3.63, 3.8) is 0 Å². The number of terminal acetylenes is 1. The standard InChI is InChI=1S/C38H28O11.C6H6O/c1-2-44-32-17-19-34(37(41)42)35(23-32)38(43)48-29-12-8-25(9-13-29)26-10-14-30(15-11-26)49-47-24-27-22-31(16-18-33(27)36(39)40)46-21-20-45-28-6-4-3-5-7-28;7-6-4-2-1-3-5-6/h1,3-19,22-23H,20-21,24H2,(H,39,40)(H,41,42);1-5,7H. The van der Waals surface area contributed by atoms with Crippen LogP contribution in [0.15, 0.2) is 146 Å². The van der Waals surface area contributed by atoms with Crippen molar-refractivity contribution in [1.82, 2.24) is 0 Å². The number of aromatic hydroxyl groups is 1. The molecule has 12 nitrogen and oxygen atoms in total. The highest BCUT2D eigenvalue weighted by Crippen LogP contribution is 2.27. The first-order valence-corrected chi connectivity index (χ1v) is 16.8. The lowest BCUT2D eigenvalue weighted by Crippen LogP contribution is -2.14. The van der Waals surface area contributed by atoms with Crippen molar-refractivity contribution in [2.24, 2.45) is 0 Å². The first-order chi connectivity index (χ1) is 27.2. The summed E-state index contributed by atoms with van der Waals surface area (Å²) in [5, 5.41) is 27.7. The number of esters is 1. The molecule has 0 spiro atoms. The number of para-hydroxylation sites is 2. The molecule has 0 aliphatic heterocycles. The molecule has 0 radical (unpaired) electrons. The van der Waals surface area contributed by atoms with Gasteiger partial charge in [-0.3, -0.25) is 0 Å². The highest BCUT2D eigenvalue weighted by molar-refractivity contribution is 6.03. The SMILES string of the molecule is C#COc1ccc(C(=O)O)c(C(=O)Oc2ccc(-c3ccc(OOCc4cc(OCCOc5ccccc5)ccc4C(=O)O)cc3)cc2)c1.Oc1ccccc1. The van der Waals surface area contributed by atoms with Gasteiger partial charge in [-0.05, 0) is 96.1 Å². The van der Waals surface area contributed by atoms with Gasteiger partial charge in [0.05, 0.1) is 16.7 Å². The zero-order valence-electron chi connectivity index (χ0n) is 29.6. The lowest BCUT2D eigenvalue weighted by molar-refractivity contribution is -0.217. The molecule has 0 aliphatic rings. The maximum Gasteiger partial charge on any atom is 0.344 e. The number of hydrogen-bond acceptors (Lipinski definition) is 10. The highest BCUT2D eigenvalue weighted by atomic mass is 17.2. The Balaban J connectivity index is 0.000000771. The normalized spacial score (nSPS) is 10.1. The summed E-state index contributed by atoms with van der Waals surface area (Å²) in [6.07, 6.45) is 7.09. The molecular weight excluding hydrogens is 720 g/mol. The molecule has 12 heteroatoms. The van der Waals surface area contributed by atoms with Gasteiger partial charge in [0.15, 0.2) is 5.75 Å². The summed E-state index contributed by atoms with van der Waals surface area (Å²) in [4.78, 5) is 46.9. The van der Waals surface area contributed by atoms with E-state index in [0.29, 0.717) is 29.4 Å². The summed E-state index contributed by atoms with van der Waals surface area (Å²) >= 11 is 0. The van der Waals surface area contributed by atoms with Crippen molar-refractivity contribution < 1.29 is 58.4 Å². The van der Waals surface area contributed by atoms with E-state index in [1.165, 1.54) is 24.3 Å². The summed E-state index contributed by atoms with van der Waals surface area (Å²) in [6, 6.07) is 39.9. The van der Waals surface area contributed by atoms with Gasteiger partial charge in [0.25, 0.3) is 0 Å². The average Bonchev–Trinajstić information content (AvgIpc) is 3.21. The third-order valence-electron chi connectivity index (χ3n) is 7.67. The molecule has 0 fully saturated rings. The van der Waals surface area contributed by atoms with Crippen LogP contribution in [0, 0.1) is 12.5 Å². The van der Waals surface area contributed by atoms with Crippen LogP contribution in [-0.4, -0.2) is 46.4 Å². The number of rotatable bonds is 15. The van der Waals surface area contributed by atoms with E-state index in [1.54, 1.807) is 84.9 Å². The van der Waals surface area contributed by atoms with Crippen molar-refractivity contribution in [3.05, 3.63) is 168 Å². The number of carbonyl (C=O) groups excluding carboxylic acids is 1. The second-order valence-corrected chi connectivity index (χ2v) is 11.5. The van der Waals surface area contributed by atoms with Gasteiger partial charge in [0, 0.05) is 5.56 Å². The van der Waals surface area contributed by atoms with Crippen molar-refractivity contribution >= 4 is 17.9 Å². The van der Waals surface area contributed by atoms with Crippen molar-refractivity contribution in [3.8, 4) is 58.2 Å². The quantitative estimate of drug-likeness (QED) is 0.0230. The van der Waals surface area contributed by atoms with Crippen LogP contribution >= 0.6 is 0 Å². The van der Waals surface area contributed by atoms with E-state index in [-0.39, 0.29) is 41.4 Å². The molecular formula is C44H34O12. The molecule has 6 rings (SSSR count). The number of carboxylic acids is 2. The summed E-state index contributed by atoms with van der Waals surface area (Å²) < 4.78 is 21.7. The Hall–Kier alpha value is -7.75. The number of phenolic OH excluding ortho intramolecular Hbond substituents is 1. The van der Waals surface area contributed by atoms with Gasteiger partial charge in [-0.25, -0.2) is 14.4 Å². The number of phenols is 1. The fourth-order valence-electron chi connectivity index (χ4n) is 5.00. The predicted molar refractivity (Wildman–Crippen MR) is 204 cm³/mol. The Morgan fingerprint density at radius 2 is 1.09 bits per heavy atom. The number of ether oxygens (including phenoxy) is 4. The molecule has 0 saturated heterocycles. The van der Waals surface area contributed by atoms with Crippen LogP contribution in [0.5, 0.6) is 34.5 Å². The summed E-state index contributed by atoms with van der Waals surface area (Å²) in [7, 11) is 0. The van der Waals surface area contributed by atoms with E-state index in [9.17, 15) is 24.6 Å². The van der Waals surface area contributed by atoms with Gasteiger partial charge in [-0.15, -0.1) is 0 Å². The molecule has 0 unspecified atom stereocenters. The highest BCUT2D eigenvalue weighted by Gasteiger charge is 2.20. The minimum atomic E-state index is -1.31. The fourth-order valence-corrected chi connectivity index (χ4v) is 5.00. The molecule has 3 N–H and O–H groups in total. The van der Waals surface area contributed by atoms with Crippen LogP contribution in [0.4, 0.5) is 0 Å². The number of carbonyl (C=O) groups is 3. The van der Waals surface area contributed by atoms with Crippen molar-refractivity contribution in [1.29, 1.82) is 0 Å². The third-order valence-corrected chi connectivity index (χ3v) is 7.67. The van der Waals surface area contributed by atoms with Crippen molar-refractivity contribution in [2.45, 2.75) is 6.61 Å². The minimum absolute atomic E-state index is 0.0507. The zero-order chi connectivity index (χ0) is 39.7. The molecule has 0 amide bonds. The van der Waals surface area contributed by atoms with Crippen LogP contribution in [-0.2, 0) is 11.5 Å². The van der Waals surface area contributed by atoms with Gasteiger partial charge in [-0.2, -0.15) is 4.89 Å². The van der Waals surface area contributed by atoms with Crippen LogP contribution in [0.1, 0.15) is 36.6 Å². The molecule has 0 bridgehead atoms. The van der Waals surface area contributed by atoms with Gasteiger partial charge in [0.2, 0.25) is 0 Å². The molecule has 56 heavy (non-hydrogen) atoms. The minimum Gasteiger partial charge on any atom is -0.508 e. The van der Waals surface area contributed by atoms with E-state index >= 15 is 0 Å². The fraction of sp³-hybridized carbons (Fsp3) is 0.0682. The zero-order valence-corrected chi connectivity index (χ0v) is 29.6. The van der Waals surface area contributed by atoms with Crippen molar-refractivity contribution in [2.75, 3.05) is 13.2 Å². The smallest absolute Gasteiger partial charge is 0.344 e. The molecule has 0 heterocycles. The van der Waals surface area contributed by atoms with E-state index < -0.39 is 17.9 Å². The van der Waals surface area contributed by atoms with Crippen LogP contribution in [0.3, 0.4) is 0 Å². The molecule has 0 saturated carbocycles. The number of carboxylic acid groups (broad SMARTS) is 2. The topological polar surface area (TPSA) is 167 Å². The van der Waals surface area contributed by atoms with Gasteiger partial charge in [0.1, 0.15) is 54.7 Å². The summed E-state index contributed by atoms with van der Waals surface area (Å²) in [6.45, 7) is 0.405. The Kier molecular flexibility index (Phi) is 14.0. The Morgan fingerprint density at radius 1 is 0.554 bits per heavy atom. The first kappa shape index (κ1) is 39.5. The first-order valence-electron chi connectivity index (χ1n) is 16.8.